The molecular formula is C12H12ClF2N5O2S. The van der Waals surface area contributed by atoms with Gasteiger partial charge in [-0.3, -0.25) is 4.79 Å². The number of aryl methyl sites for hydroxylation is 1. The fourth-order valence-electron chi connectivity index (χ4n) is 1.55. The smallest absolute Gasteiger partial charge is 0.387 e. The van der Waals surface area contributed by atoms with Gasteiger partial charge in [0.25, 0.3) is 0 Å². The molecule has 0 fully saturated rings. The Bertz CT molecular complexity index is 700. The largest absolute Gasteiger partial charge is 0.433 e. The second-order valence-electron chi connectivity index (χ2n) is 4.36. The Morgan fingerprint density at radius 3 is 2.78 bits per heavy atom. The van der Waals surface area contributed by atoms with E-state index in [2.05, 4.69) is 25.6 Å². The van der Waals surface area contributed by atoms with Gasteiger partial charge in [-0.1, -0.05) is 23.4 Å². The lowest BCUT2D eigenvalue weighted by molar-refractivity contribution is -0.115. The molecule has 11 heteroatoms. The zero-order valence-corrected chi connectivity index (χ0v) is 13.6. The first kappa shape index (κ1) is 17.4. The first-order valence-corrected chi connectivity index (χ1v) is 7.57. The Balaban J connectivity index is 1.99. The van der Waals surface area contributed by atoms with Crippen LogP contribution in [0.3, 0.4) is 0 Å². The van der Waals surface area contributed by atoms with E-state index in [1.807, 2.05) is 0 Å². The van der Waals surface area contributed by atoms with Gasteiger partial charge in [-0.2, -0.15) is 8.78 Å². The molecule has 7 nitrogen and oxygen atoms in total. The molecule has 1 heterocycles. The summed E-state index contributed by atoms with van der Waals surface area (Å²) in [5, 5.41) is 13.5. The molecule has 0 aliphatic rings. The Hall–Kier alpha value is -1.94. The molecule has 0 radical (unpaired) electrons. The Labute approximate surface area is 139 Å². The highest BCUT2D eigenvalue weighted by Crippen LogP contribution is 2.29. The quantitative estimate of drug-likeness (QED) is 0.794. The zero-order valence-electron chi connectivity index (χ0n) is 12.0. The lowest BCUT2D eigenvalue weighted by atomic mass is 10.3. The van der Waals surface area contributed by atoms with Gasteiger partial charge in [-0.05, 0) is 35.5 Å². The Morgan fingerprint density at radius 1 is 1.48 bits per heavy atom. The number of halogens is 3. The monoisotopic (exact) mass is 363 g/mol. The van der Waals surface area contributed by atoms with E-state index in [1.54, 1.807) is 14.0 Å². The van der Waals surface area contributed by atoms with Gasteiger partial charge in [0.05, 0.1) is 10.3 Å². The van der Waals surface area contributed by atoms with E-state index < -0.39 is 11.9 Å². The number of nitrogens with one attached hydrogen (secondary N) is 1. The van der Waals surface area contributed by atoms with Crippen molar-refractivity contribution in [3.8, 4) is 5.75 Å². The topological polar surface area (TPSA) is 81.9 Å². The van der Waals surface area contributed by atoms with E-state index in [0.29, 0.717) is 10.8 Å². The molecule has 1 amide bonds. The van der Waals surface area contributed by atoms with Crippen molar-refractivity contribution < 1.29 is 18.3 Å². The summed E-state index contributed by atoms with van der Waals surface area (Å²) < 4.78 is 30.0. The third-order valence-corrected chi connectivity index (χ3v) is 4.07. The van der Waals surface area contributed by atoms with Crippen molar-refractivity contribution in [1.29, 1.82) is 0 Å². The van der Waals surface area contributed by atoms with Crippen LogP contribution in [0.25, 0.3) is 0 Å². The highest BCUT2D eigenvalue weighted by molar-refractivity contribution is 8.00. The number of rotatable bonds is 6. The molecule has 0 bridgehead atoms. The molecular weight excluding hydrogens is 352 g/mol. The summed E-state index contributed by atoms with van der Waals surface area (Å²) in [5.41, 5.74) is 0.366. The average Bonchev–Trinajstić information content (AvgIpc) is 2.87. The van der Waals surface area contributed by atoms with Crippen molar-refractivity contribution in [2.24, 2.45) is 7.05 Å². The molecule has 1 unspecified atom stereocenters. The van der Waals surface area contributed by atoms with E-state index in [-0.39, 0.29) is 16.7 Å². The predicted molar refractivity (Wildman–Crippen MR) is 80.8 cm³/mol. The number of hydrogen-bond acceptors (Lipinski definition) is 6. The molecule has 124 valence electrons. The van der Waals surface area contributed by atoms with Crippen LogP contribution in [0.1, 0.15) is 6.92 Å². The van der Waals surface area contributed by atoms with Crippen molar-refractivity contribution in [2.45, 2.75) is 23.9 Å². The number of alkyl halides is 2. The molecule has 1 atom stereocenters. The maximum absolute atomic E-state index is 12.2. The van der Waals surface area contributed by atoms with Gasteiger partial charge in [0, 0.05) is 12.7 Å². The lowest BCUT2D eigenvalue weighted by Crippen LogP contribution is -2.22. The number of ether oxygens (including phenoxy) is 1. The van der Waals surface area contributed by atoms with Gasteiger partial charge in [0.15, 0.2) is 0 Å². The highest BCUT2D eigenvalue weighted by Gasteiger charge is 2.18. The summed E-state index contributed by atoms with van der Waals surface area (Å²) in [7, 11) is 1.66. The lowest BCUT2D eigenvalue weighted by Gasteiger charge is -2.12. The molecule has 2 aromatic rings. The first-order chi connectivity index (χ1) is 10.9. The van der Waals surface area contributed by atoms with Gasteiger partial charge in [0.2, 0.25) is 11.1 Å². The number of hydrogen-bond donors (Lipinski definition) is 1. The molecule has 23 heavy (non-hydrogen) atoms. The Morgan fingerprint density at radius 2 is 2.22 bits per heavy atom. The van der Waals surface area contributed by atoms with Crippen molar-refractivity contribution >= 4 is 35.0 Å². The molecule has 1 N–H and O–H groups in total. The van der Waals surface area contributed by atoms with Gasteiger partial charge in [0.1, 0.15) is 5.75 Å². The predicted octanol–water partition coefficient (Wildman–Crippen LogP) is 2.58. The first-order valence-electron chi connectivity index (χ1n) is 6.31. The highest BCUT2D eigenvalue weighted by atomic mass is 35.5. The average molecular weight is 364 g/mol. The zero-order chi connectivity index (χ0) is 17.0. The van der Waals surface area contributed by atoms with Crippen molar-refractivity contribution in [3.63, 3.8) is 0 Å². The number of amides is 1. The van der Waals surface area contributed by atoms with Gasteiger partial charge in [-0.15, -0.1) is 5.10 Å². The number of aromatic nitrogens is 4. The summed E-state index contributed by atoms with van der Waals surface area (Å²) in [6, 6.07) is 4.01. The van der Waals surface area contributed by atoms with Gasteiger partial charge >= 0.3 is 6.61 Å². The molecule has 0 saturated carbocycles. The number of carbonyl (C=O) groups is 1. The van der Waals surface area contributed by atoms with Crippen molar-refractivity contribution in [3.05, 3.63) is 23.2 Å². The third-order valence-electron chi connectivity index (χ3n) is 2.65. The number of benzene rings is 1. The van der Waals surface area contributed by atoms with Crippen LogP contribution in [0.5, 0.6) is 5.75 Å². The standard InChI is InChI=1S/C12H12ClF2N5O2S/c1-6(23-12-17-18-19-20(12)2)10(21)16-7-3-4-9(8(13)5-7)22-11(14)15/h3-6,11H,1-2H3,(H,16,21). The molecule has 0 aliphatic heterocycles. The molecule has 0 saturated heterocycles. The fourth-order valence-corrected chi connectivity index (χ4v) is 2.53. The van der Waals surface area contributed by atoms with Crippen LogP contribution in [0, 0.1) is 0 Å². The van der Waals surface area contributed by atoms with E-state index in [4.69, 9.17) is 11.6 Å². The second-order valence-corrected chi connectivity index (χ2v) is 6.07. The van der Waals surface area contributed by atoms with Crippen LogP contribution in [0.4, 0.5) is 14.5 Å². The van der Waals surface area contributed by atoms with E-state index in [9.17, 15) is 13.6 Å². The molecule has 0 spiro atoms. The maximum atomic E-state index is 12.2. The van der Waals surface area contributed by atoms with Crippen LogP contribution in [-0.2, 0) is 11.8 Å². The summed E-state index contributed by atoms with van der Waals surface area (Å²) in [6.07, 6.45) is 0. The van der Waals surface area contributed by atoms with Gasteiger partial charge in [-0.25, -0.2) is 4.68 Å². The SMILES string of the molecule is CC(Sc1nnnn1C)C(=O)Nc1ccc(OC(F)F)c(Cl)c1. The van der Waals surface area contributed by atoms with Crippen LogP contribution < -0.4 is 10.1 Å². The second kappa shape index (κ2) is 7.55. The molecule has 0 aliphatic carbocycles. The summed E-state index contributed by atoms with van der Waals surface area (Å²) in [5.74, 6) is -0.469. The minimum absolute atomic E-state index is 0.0269. The fraction of sp³-hybridized carbons (Fsp3) is 0.333. The van der Waals surface area contributed by atoms with Crippen LogP contribution in [0.2, 0.25) is 5.02 Å². The van der Waals surface area contributed by atoms with E-state index in [0.717, 1.165) is 0 Å². The molecule has 1 aromatic carbocycles. The van der Waals surface area contributed by atoms with Crippen LogP contribution in [-0.4, -0.2) is 38.0 Å². The molecule has 2 rings (SSSR count). The Kier molecular flexibility index (Phi) is 5.72. The van der Waals surface area contributed by atoms with Crippen LogP contribution >= 0.6 is 23.4 Å². The minimum Gasteiger partial charge on any atom is -0.433 e. The number of carbonyl (C=O) groups excluding carboxylic acids is 1. The van der Waals surface area contributed by atoms with Gasteiger partial charge < -0.3 is 10.1 Å². The minimum atomic E-state index is -2.97. The number of nitrogens with zero attached hydrogens (tertiary/aromatic N) is 4. The number of tetrazole rings is 1. The summed E-state index contributed by atoms with van der Waals surface area (Å²) in [4.78, 5) is 12.1. The third kappa shape index (κ3) is 4.76. The van der Waals surface area contributed by atoms with Crippen LogP contribution in [0.15, 0.2) is 23.4 Å². The number of thioether (sulfide) groups is 1. The normalized spacial score (nSPS) is 12.3. The number of anilines is 1. The van der Waals surface area contributed by atoms with Crippen molar-refractivity contribution in [1.82, 2.24) is 20.2 Å². The van der Waals surface area contributed by atoms with Crippen molar-refractivity contribution in [2.75, 3.05) is 5.32 Å². The van der Waals surface area contributed by atoms with E-state index >= 15 is 0 Å². The maximum Gasteiger partial charge on any atom is 0.387 e. The summed E-state index contributed by atoms with van der Waals surface area (Å²) in [6.45, 7) is -1.28. The summed E-state index contributed by atoms with van der Waals surface area (Å²) >= 11 is 7.01. The molecule has 1 aromatic heterocycles. The van der Waals surface area contributed by atoms with E-state index in [1.165, 1.54) is 34.6 Å².